The highest BCUT2D eigenvalue weighted by Crippen LogP contribution is 2.23. The molecule has 8 heteroatoms. The Morgan fingerprint density at radius 2 is 1.84 bits per heavy atom. The molecule has 3 heterocycles. The van der Waals surface area contributed by atoms with Crippen LogP contribution in [-0.2, 0) is 11.3 Å². The van der Waals surface area contributed by atoms with E-state index < -0.39 is 0 Å². The largest absolute Gasteiger partial charge is 0.376 e. The van der Waals surface area contributed by atoms with E-state index in [4.69, 9.17) is 4.74 Å². The van der Waals surface area contributed by atoms with Crippen molar-refractivity contribution in [3.63, 3.8) is 0 Å². The van der Waals surface area contributed by atoms with Gasteiger partial charge >= 0.3 is 0 Å². The van der Waals surface area contributed by atoms with Crippen LogP contribution in [-0.4, -0.2) is 59.1 Å². The highest BCUT2D eigenvalue weighted by molar-refractivity contribution is 5.46. The van der Waals surface area contributed by atoms with Crippen molar-refractivity contribution < 1.29 is 14.0 Å². The van der Waals surface area contributed by atoms with Crippen LogP contribution in [0.5, 0.6) is 0 Å². The van der Waals surface area contributed by atoms with Crippen LogP contribution in [0.15, 0.2) is 54.6 Å². The van der Waals surface area contributed by atoms with E-state index in [2.05, 4.69) is 44.7 Å². The standard InChI is InChI=1S/C23H27FN6O/c24-21-11-5-4-10-20(21)22(23-25-26-27-30(23)17-19-9-6-16-31-19)29-14-12-28(13-15-29)18-7-2-1-3-8-18/h1-5,7-8,10-11,19,22H,6,9,12-17H2/p+1/t19-,22+/m0/s1. The fraction of sp³-hybridized carbons (Fsp3) is 0.435. The summed E-state index contributed by atoms with van der Waals surface area (Å²) in [4.78, 5) is 3.66. The van der Waals surface area contributed by atoms with E-state index in [0.717, 1.165) is 45.6 Å². The molecule has 1 N–H and O–H groups in total. The normalized spacial score (nSPS) is 20.8. The smallest absolute Gasteiger partial charge is 0.214 e. The van der Waals surface area contributed by atoms with Crippen LogP contribution < -0.4 is 9.80 Å². The number of rotatable bonds is 6. The number of tetrazole rings is 1. The number of piperazine rings is 1. The van der Waals surface area contributed by atoms with Crippen LogP contribution in [0.25, 0.3) is 0 Å². The lowest BCUT2D eigenvalue weighted by molar-refractivity contribution is -0.927. The number of ether oxygens (including phenoxy) is 1. The molecule has 0 bridgehead atoms. The molecular formula is C23H28FN6O+. The summed E-state index contributed by atoms with van der Waals surface area (Å²) < 4.78 is 22.6. The van der Waals surface area contributed by atoms with Gasteiger partial charge in [-0.25, -0.2) is 9.07 Å². The Morgan fingerprint density at radius 3 is 2.58 bits per heavy atom. The van der Waals surface area contributed by atoms with Crippen molar-refractivity contribution in [3.8, 4) is 0 Å². The van der Waals surface area contributed by atoms with Crippen molar-refractivity contribution in [2.24, 2.45) is 0 Å². The first kappa shape index (κ1) is 20.1. The van der Waals surface area contributed by atoms with E-state index in [-0.39, 0.29) is 18.0 Å². The van der Waals surface area contributed by atoms with E-state index in [1.165, 1.54) is 16.7 Å². The van der Waals surface area contributed by atoms with E-state index in [1.54, 1.807) is 6.07 Å². The lowest BCUT2D eigenvalue weighted by Gasteiger charge is -2.37. The lowest BCUT2D eigenvalue weighted by atomic mass is 10.0. The summed E-state index contributed by atoms with van der Waals surface area (Å²) in [6, 6.07) is 17.2. The second-order valence-corrected chi connectivity index (χ2v) is 8.29. The monoisotopic (exact) mass is 423 g/mol. The minimum Gasteiger partial charge on any atom is -0.376 e. The van der Waals surface area contributed by atoms with Crippen molar-refractivity contribution in [3.05, 3.63) is 71.8 Å². The molecule has 0 aliphatic carbocycles. The predicted octanol–water partition coefficient (Wildman–Crippen LogP) is 1.49. The van der Waals surface area contributed by atoms with Crippen molar-refractivity contribution in [2.45, 2.75) is 31.5 Å². The highest BCUT2D eigenvalue weighted by Gasteiger charge is 2.36. The molecule has 7 nitrogen and oxygen atoms in total. The number of anilines is 1. The van der Waals surface area contributed by atoms with Gasteiger partial charge in [0.05, 0.1) is 44.4 Å². The molecule has 2 fully saturated rings. The van der Waals surface area contributed by atoms with Crippen LogP contribution in [0.1, 0.15) is 30.3 Å². The maximum Gasteiger partial charge on any atom is 0.214 e. The molecule has 0 spiro atoms. The fourth-order valence-electron chi connectivity index (χ4n) is 4.76. The third-order valence-electron chi connectivity index (χ3n) is 6.37. The molecule has 3 aromatic rings. The highest BCUT2D eigenvalue weighted by atomic mass is 19.1. The summed E-state index contributed by atoms with van der Waals surface area (Å²) in [5, 5.41) is 12.6. The van der Waals surface area contributed by atoms with Crippen LogP contribution in [0, 0.1) is 5.82 Å². The molecule has 2 aliphatic rings. The van der Waals surface area contributed by atoms with Gasteiger partial charge in [0.1, 0.15) is 5.82 Å². The van der Waals surface area contributed by atoms with E-state index in [1.807, 2.05) is 22.9 Å². The summed E-state index contributed by atoms with van der Waals surface area (Å²) in [7, 11) is 0. The minimum atomic E-state index is -0.254. The van der Waals surface area contributed by atoms with Crippen molar-refractivity contribution >= 4 is 5.69 Å². The summed E-state index contributed by atoms with van der Waals surface area (Å²) >= 11 is 0. The van der Waals surface area contributed by atoms with Gasteiger partial charge in [-0.2, -0.15) is 0 Å². The zero-order chi connectivity index (χ0) is 21.0. The van der Waals surface area contributed by atoms with Gasteiger partial charge in [-0.05, 0) is 47.5 Å². The van der Waals surface area contributed by atoms with Gasteiger partial charge < -0.3 is 14.5 Å². The van der Waals surface area contributed by atoms with Gasteiger partial charge in [-0.15, -0.1) is 5.10 Å². The first-order chi connectivity index (χ1) is 15.3. The summed E-state index contributed by atoms with van der Waals surface area (Å²) in [6.45, 7) is 4.94. The van der Waals surface area contributed by atoms with Crippen LogP contribution in [0.4, 0.5) is 10.1 Å². The number of nitrogens with one attached hydrogen (secondary N) is 1. The van der Waals surface area contributed by atoms with E-state index >= 15 is 0 Å². The number of hydrogen-bond acceptors (Lipinski definition) is 5. The summed E-state index contributed by atoms with van der Waals surface area (Å²) in [6.07, 6.45) is 2.19. The quantitative estimate of drug-likeness (QED) is 0.651. The Balaban J connectivity index is 1.42. The zero-order valence-electron chi connectivity index (χ0n) is 17.5. The Morgan fingerprint density at radius 1 is 1.06 bits per heavy atom. The van der Waals surface area contributed by atoms with E-state index in [9.17, 15) is 4.39 Å². The summed E-state index contributed by atoms with van der Waals surface area (Å²) in [5.74, 6) is 0.501. The number of halogens is 1. The minimum absolute atomic E-state index is 0.119. The number of quaternary nitrogens is 1. The first-order valence-corrected chi connectivity index (χ1v) is 11.1. The second kappa shape index (κ2) is 9.11. The maximum atomic E-state index is 14.9. The van der Waals surface area contributed by atoms with Gasteiger partial charge in [0, 0.05) is 12.3 Å². The number of para-hydroxylation sites is 1. The van der Waals surface area contributed by atoms with Crippen molar-refractivity contribution in [1.82, 2.24) is 20.2 Å². The topological polar surface area (TPSA) is 60.5 Å². The molecule has 5 rings (SSSR count). The Hall–Kier alpha value is -2.84. The molecule has 0 unspecified atom stereocenters. The third-order valence-corrected chi connectivity index (χ3v) is 6.37. The molecular weight excluding hydrogens is 395 g/mol. The number of aromatic nitrogens is 4. The van der Waals surface area contributed by atoms with Crippen LogP contribution in [0.3, 0.4) is 0 Å². The molecule has 2 atom stereocenters. The van der Waals surface area contributed by atoms with Gasteiger partial charge in [0.25, 0.3) is 0 Å². The molecule has 1 aromatic heterocycles. The van der Waals surface area contributed by atoms with Crippen molar-refractivity contribution in [1.29, 1.82) is 0 Å². The van der Waals surface area contributed by atoms with Gasteiger partial charge in [0.2, 0.25) is 5.82 Å². The number of hydrogen-bond donors (Lipinski definition) is 1. The number of benzene rings is 2. The first-order valence-electron chi connectivity index (χ1n) is 11.1. The Labute approximate surface area is 181 Å². The maximum absolute atomic E-state index is 14.9. The molecule has 2 aliphatic heterocycles. The Kier molecular flexibility index (Phi) is 5.90. The zero-order valence-corrected chi connectivity index (χ0v) is 17.5. The molecule has 2 saturated heterocycles. The molecule has 2 aromatic carbocycles. The van der Waals surface area contributed by atoms with Crippen molar-refractivity contribution in [2.75, 3.05) is 37.7 Å². The summed E-state index contributed by atoms with van der Waals surface area (Å²) in [5.41, 5.74) is 1.88. The molecule has 0 amide bonds. The molecule has 162 valence electrons. The predicted molar refractivity (Wildman–Crippen MR) is 114 cm³/mol. The van der Waals surface area contributed by atoms with Crippen LogP contribution >= 0.6 is 0 Å². The van der Waals surface area contributed by atoms with Gasteiger partial charge in [-0.1, -0.05) is 30.3 Å². The number of nitrogens with zero attached hydrogens (tertiary/aromatic N) is 5. The SMILES string of the molecule is Fc1ccccc1[C@H](c1nnnn1C[C@@H]1CCCO1)[NH+]1CCN(c2ccccc2)CC1. The van der Waals surface area contributed by atoms with Crippen LogP contribution in [0.2, 0.25) is 0 Å². The lowest BCUT2D eigenvalue weighted by Crippen LogP contribution is -3.15. The molecule has 0 radical (unpaired) electrons. The van der Waals surface area contributed by atoms with Gasteiger partial charge in [0.15, 0.2) is 6.04 Å². The van der Waals surface area contributed by atoms with Gasteiger partial charge in [-0.3, -0.25) is 0 Å². The average molecular weight is 424 g/mol. The van der Waals surface area contributed by atoms with E-state index in [0.29, 0.717) is 17.9 Å². The molecule has 31 heavy (non-hydrogen) atoms. The Bertz CT molecular complexity index is 982. The molecule has 0 saturated carbocycles. The fourth-order valence-corrected chi connectivity index (χ4v) is 4.76. The second-order valence-electron chi connectivity index (χ2n) is 8.29. The average Bonchev–Trinajstić information content (AvgIpc) is 3.49. The third kappa shape index (κ3) is 4.31.